The van der Waals surface area contributed by atoms with Gasteiger partial charge >= 0.3 is 0 Å². The average Bonchev–Trinajstić information content (AvgIpc) is 3.30. The van der Waals surface area contributed by atoms with Crippen molar-refractivity contribution in [1.82, 2.24) is 20.0 Å². The minimum Gasteiger partial charge on any atom is -0.496 e. The van der Waals surface area contributed by atoms with E-state index in [9.17, 15) is 4.79 Å². The SMILES string of the molecule is COc1cc(C(=O)N2CCN(c3cc(-c4nc(C(C)C)no4)ccn3)CC2)ccc1C. The van der Waals surface area contributed by atoms with E-state index in [1.807, 2.05) is 56.0 Å². The number of aromatic nitrogens is 3. The van der Waals surface area contributed by atoms with Gasteiger partial charge in [-0.3, -0.25) is 4.79 Å². The first-order valence-electron chi connectivity index (χ1n) is 10.4. The summed E-state index contributed by atoms with van der Waals surface area (Å²) in [7, 11) is 1.62. The molecule has 2 aromatic heterocycles. The van der Waals surface area contributed by atoms with Crippen LogP contribution in [0, 0.1) is 6.92 Å². The number of ether oxygens (including phenoxy) is 1. The van der Waals surface area contributed by atoms with Crippen molar-refractivity contribution in [3.63, 3.8) is 0 Å². The fourth-order valence-electron chi connectivity index (χ4n) is 3.59. The molecule has 0 spiro atoms. The minimum absolute atomic E-state index is 0.0201. The molecule has 0 saturated carbocycles. The predicted octanol–water partition coefficient (Wildman–Crippen LogP) is 3.53. The molecule has 1 aliphatic rings. The van der Waals surface area contributed by atoms with E-state index in [1.165, 1.54) is 0 Å². The molecule has 0 unspecified atom stereocenters. The number of nitrogens with zero attached hydrogens (tertiary/aromatic N) is 5. The van der Waals surface area contributed by atoms with Gasteiger partial charge in [0.2, 0.25) is 0 Å². The first-order chi connectivity index (χ1) is 15.0. The van der Waals surface area contributed by atoms with E-state index in [-0.39, 0.29) is 11.8 Å². The number of piperazine rings is 1. The molecule has 8 nitrogen and oxygen atoms in total. The fourth-order valence-corrected chi connectivity index (χ4v) is 3.59. The van der Waals surface area contributed by atoms with Crippen LogP contribution in [0.1, 0.15) is 41.5 Å². The van der Waals surface area contributed by atoms with Crippen LogP contribution < -0.4 is 9.64 Å². The smallest absolute Gasteiger partial charge is 0.258 e. The van der Waals surface area contributed by atoms with Crippen LogP contribution in [0.25, 0.3) is 11.5 Å². The second-order valence-electron chi connectivity index (χ2n) is 7.98. The molecule has 8 heteroatoms. The summed E-state index contributed by atoms with van der Waals surface area (Å²) in [4.78, 5) is 25.9. The van der Waals surface area contributed by atoms with E-state index >= 15 is 0 Å². The van der Waals surface area contributed by atoms with E-state index in [0.717, 1.165) is 22.7 Å². The van der Waals surface area contributed by atoms with E-state index in [4.69, 9.17) is 9.26 Å². The van der Waals surface area contributed by atoms with Gasteiger partial charge < -0.3 is 19.1 Å². The van der Waals surface area contributed by atoms with Crippen LogP contribution >= 0.6 is 0 Å². The lowest BCUT2D eigenvalue weighted by molar-refractivity contribution is 0.0746. The van der Waals surface area contributed by atoms with Crippen molar-refractivity contribution >= 4 is 11.7 Å². The highest BCUT2D eigenvalue weighted by Gasteiger charge is 2.24. The van der Waals surface area contributed by atoms with Crippen LogP contribution in [0.2, 0.25) is 0 Å². The number of amides is 1. The molecular formula is C23H27N5O3. The van der Waals surface area contributed by atoms with Gasteiger partial charge in [-0.2, -0.15) is 4.98 Å². The van der Waals surface area contributed by atoms with Crippen molar-refractivity contribution in [3.05, 3.63) is 53.5 Å². The zero-order valence-corrected chi connectivity index (χ0v) is 18.3. The first-order valence-corrected chi connectivity index (χ1v) is 10.4. The Kier molecular flexibility index (Phi) is 5.88. The van der Waals surface area contributed by atoms with E-state index in [1.54, 1.807) is 13.3 Å². The maximum absolute atomic E-state index is 12.9. The third-order valence-electron chi connectivity index (χ3n) is 5.50. The molecule has 0 aliphatic carbocycles. The summed E-state index contributed by atoms with van der Waals surface area (Å²) in [6, 6.07) is 9.41. The van der Waals surface area contributed by atoms with Crippen LogP contribution in [0.15, 0.2) is 41.1 Å². The lowest BCUT2D eigenvalue weighted by Crippen LogP contribution is -2.49. The Hall–Kier alpha value is -3.42. The fraction of sp³-hybridized carbons (Fsp3) is 0.391. The molecular weight excluding hydrogens is 394 g/mol. The molecule has 3 heterocycles. The number of carbonyl (C=O) groups is 1. The second-order valence-corrected chi connectivity index (χ2v) is 7.98. The molecule has 1 aliphatic heterocycles. The van der Waals surface area contributed by atoms with Crippen LogP contribution in [0.5, 0.6) is 5.75 Å². The van der Waals surface area contributed by atoms with Crippen molar-refractivity contribution in [1.29, 1.82) is 0 Å². The molecule has 4 rings (SSSR count). The quantitative estimate of drug-likeness (QED) is 0.623. The van der Waals surface area contributed by atoms with Crippen molar-refractivity contribution in [3.8, 4) is 17.2 Å². The molecule has 0 atom stereocenters. The third kappa shape index (κ3) is 4.38. The Morgan fingerprint density at radius 1 is 1.13 bits per heavy atom. The number of aryl methyl sites for hydroxylation is 1. The molecule has 1 saturated heterocycles. The van der Waals surface area contributed by atoms with Gasteiger partial charge in [0.05, 0.1) is 7.11 Å². The summed E-state index contributed by atoms with van der Waals surface area (Å²) in [6.07, 6.45) is 1.75. The van der Waals surface area contributed by atoms with E-state index in [0.29, 0.717) is 43.5 Å². The van der Waals surface area contributed by atoms with E-state index < -0.39 is 0 Å². The highest BCUT2D eigenvalue weighted by atomic mass is 16.5. The lowest BCUT2D eigenvalue weighted by Gasteiger charge is -2.35. The second kappa shape index (κ2) is 8.75. The van der Waals surface area contributed by atoms with Gasteiger partial charge in [0.25, 0.3) is 11.8 Å². The first kappa shape index (κ1) is 20.8. The zero-order chi connectivity index (χ0) is 22.0. The van der Waals surface area contributed by atoms with Gasteiger partial charge in [-0.05, 0) is 36.8 Å². The number of pyridine rings is 1. The summed E-state index contributed by atoms with van der Waals surface area (Å²) >= 11 is 0. The van der Waals surface area contributed by atoms with E-state index in [2.05, 4.69) is 20.0 Å². The number of hydrogen-bond donors (Lipinski definition) is 0. The van der Waals surface area contributed by atoms with Gasteiger partial charge in [-0.1, -0.05) is 25.1 Å². The Labute approximate surface area is 181 Å². The molecule has 31 heavy (non-hydrogen) atoms. The van der Waals surface area contributed by atoms with Gasteiger partial charge in [0, 0.05) is 49.4 Å². The van der Waals surface area contributed by atoms with Crippen LogP contribution in [-0.2, 0) is 0 Å². The number of rotatable bonds is 5. The highest BCUT2D eigenvalue weighted by molar-refractivity contribution is 5.95. The van der Waals surface area contributed by atoms with Crippen LogP contribution in [0.3, 0.4) is 0 Å². The highest BCUT2D eigenvalue weighted by Crippen LogP contribution is 2.25. The Morgan fingerprint density at radius 2 is 1.90 bits per heavy atom. The summed E-state index contributed by atoms with van der Waals surface area (Å²) < 4.78 is 10.8. The summed E-state index contributed by atoms with van der Waals surface area (Å²) in [6.45, 7) is 8.67. The minimum atomic E-state index is 0.0201. The Bertz CT molecular complexity index is 1070. The molecule has 1 aromatic carbocycles. The standard InChI is InChI=1S/C23H27N5O3/c1-15(2)21-25-22(31-26-21)17-7-8-24-20(14-17)27-9-11-28(12-10-27)23(29)18-6-5-16(3)19(13-18)30-4/h5-8,13-15H,9-12H2,1-4H3. The summed E-state index contributed by atoms with van der Waals surface area (Å²) in [5, 5.41) is 4.04. The van der Waals surface area contributed by atoms with Gasteiger partial charge in [-0.25, -0.2) is 4.98 Å². The maximum Gasteiger partial charge on any atom is 0.258 e. The maximum atomic E-state index is 12.9. The number of benzene rings is 1. The number of anilines is 1. The van der Waals surface area contributed by atoms with Crippen LogP contribution in [-0.4, -0.2) is 59.2 Å². The average molecular weight is 422 g/mol. The Morgan fingerprint density at radius 3 is 2.58 bits per heavy atom. The molecule has 1 fully saturated rings. The number of methoxy groups -OCH3 is 1. The van der Waals surface area contributed by atoms with Crippen molar-refractivity contribution in [2.24, 2.45) is 0 Å². The van der Waals surface area contributed by atoms with Gasteiger partial charge in [0.15, 0.2) is 5.82 Å². The summed E-state index contributed by atoms with van der Waals surface area (Å²) in [5.41, 5.74) is 2.50. The molecule has 3 aromatic rings. The zero-order valence-electron chi connectivity index (χ0n) is 18.3. The van der Waals surface area contributed by atoms with Gasteiger partial charge in [0.1, 0.15) is 11.6 Å². The van der Waals surface area contributed by atoms with Crippen LogP contribution in [0.4, 0.5) is 5.82 Å². The van der Waals surface area contributed by atoms with Crippen molar-refractivity contribution in [2.75, 3.05) is 38.2 Å². The number of hydrogen-bond acceptors (Lipinski definition) is 7. The predicted molar refractivity (Wildman–Crippen MR) is 117 cm³/mol. The normalized spacial score (nSPS) is 14.2. The van der Waals surface area contributed by atoms with Crippen molar-refractivity contribution < 1.29 is 14.1 Å². The van der Waals surface area contributed by atoms with Crippen molar-refractivity contribution in [2.45, 2.75) is 26.7 Å². The lowest BCUT2D eigenvalue weighted by atomic mass is 10.1. The Balaban J connectivity index is 1.43. The monoisotopic (exact) mass is 421 g/mol. The molecule has 0 radical (unpaired) electrons. The molecule has 0 N–H and O–H groups in total. The molecule has 1 amide bonds. The largest absolute Gasteiger partial charge is 0.496 e. The number of carbonyl (C=O) groups excluding carboxylic acids is 1. The third-order valence-corrected chi connectivity index (χ3v) is 5.50. The summed E-state index contributed by atoms with van der Waals surface area (Å²) in [5.74, 6) is 2.98. The molecule has 162 valence electrons. The van der Waals surface area contributed by atoms with Gasteiger partial charge in [-0.15, -0.1) is 0 Å². The molecule has 0 bridgehead atoms. The topological polar surface area (TPSA) is 84.6 Å².